The molecule has 0 unspecified atom stereocenters. The number of hydrogen-bond acceptors (Lipinski definition) is 5. The summed E-state index contributed by atoms with van der Waals surface area (Å²) in [6.07, 6.45) is 3.89. The Morgan fingerprint density at radius 3 is 2.68 bits per heavy atom. The number of aromatic carboxylic acids is 1. The standard InChI is InChI=1S/C22H22N4O2/c23-22-24-12-11-19(25-22)20-6-3-13-26(20)14-15-7-9-16(10-8-15)17-4-1-2-5-18(17)21(27)28/h1-2,4-5,7-12,20H,3,6,13-14H2,(H,27,28)(H2,23,24,25)/t20-/m0/s1. The maximum Gasteiger partial charge on any atom is 0.336 e. The third-order valence-corrected chi connectivity index (χ3v) is 5.21. The first-order valence-electron chi connectivity index (χ1n) is 9.36. The van der Waals surface area contributed by atoms with E-state index in [-0.39, 0.29) is 6.04 Å². The molecule has 0 saturated carbocycles. The van der Waals surface area contributed by atoms with Crippen molar-refractivity contribution in [3.63, 3.8) is 0 Å². The molecular formula is C22H22N4O2. The molecule has 0 aliphatic carbocycles. The van der Waals surface area contributed by atoms with Gasteiger partial charge in [-0.25, -0.2) is 14.8 Å². The van der Waals surface area contributed by atoms with Crippen molar-refractivity contribution in [2.75, 3.05) is 12.3 Å². The lowest BCUT2D eigenvalue weighted by molar-refractivity contribution is 0.0697. The van der Waals surface area contributed by atoms with Gasteiger partial charge in [0.25, 0.3) is 0 Å². The second kappa shape index (κ2) is 7.78. The van der Waals surface area contributed by atoms with Crippen LogP contribution >= 0.6 is 0 Å². The van der Waals surface area contributed by atoms with Crippen LogP contribution in [0.1, 0.15) is 40.5 Å². The highest BCUT2D eigenvalue weighted by atomic mass is 16.4. The van der Waals surface area contributed by atoms with Crippen molar-refractivity contribution < 1.29 is 9.90 Å². The summed E-state index contributed by atoms with van der Waals surface area (Å²) in [5, 5.41) is 9.40. The Morgan fingerprint density at radius 2 is 1.93 bits per heavy atom. The maximum atomic E-state index is 11.5. The third-order valence-electron chi connectivity index (χ3n) is 5.21. The first kappa shape index (κ1) is 18.1. The number of likely N-dealkylation sites (tertiary alicyclic amines) is 1. The molecule has 1 saturated heterocycles. The number of benzene rings is 2. The van der Waals surface area contributed by atoms with Gasteiger partial charge in [-0.2, -0.15) is 0 Å². The molecule has 1 fully saturated rings. The first-order chi connectivity index (χ1) is 13.6. The first-order valence-corrected chi connectivity index (χ1v) is 9.36. The quantitative estimate of drug-likeness (QED) is 0.706. The van der Waals surface area contributed by atoms with Crippen LogP contribution in [0.4, 0.5) is 5.95 Å². The number of carbonyl (C=O) groups is 1. The molecule has 1 aromatic heterocycles. The summed E-state index contributed by atoms with van der Waals surface area (Å²) < 4.78 is 0. The van der Waals surface area contributed by atoms with Gasteiger partial charge in [0.15, 0.2) is 0 Å². The van der Waals surface area contributed by atoms with Crippen molar-refractivity contribution in [3.05, 3.63) is 77.6 Å². The second-order valence-electron chi connectivity index (χ2n) is 7.02. The number of aromatic nitrogens is 2. The van der Waals surface area contributed by atoms with Gasteiger partial charge < -0.3 is 10.8 Å². The predicted octanol–water partition coefficient (Wildman–Crippen LogP) is 3.76. The molecule has 6 nitrogen and oxygen atoms in total. The van der Waals surface area contributed by atoms with E-state index in [0.717, 1.165) is 42.8 Å². The van der Waals surface area contributed by atoms with Crippen LogP contribution in [-0.2, 0) is 6.54 Å². The lowest BCUT2D eigenvalue weighted by Gasteiger charge is -2.24. The molecular weight excluding hydrogens is 352 g/mol. The summed E-state index contributed by atoms with van der Waals surface area (Å²) in [6.45, 7) is 1.83. The van der Waals surface area contributed by atoms with Crippen molar-refractivity contribution in [1.82, 2.24) is 14.9 Å². The van der Waals surface area contributed by atoms with E-state index in [1.54, 1.807) is 18.3 Å². The van der Waals surface area contributed by atoms with Crippen LogP contribution in [0.2, 0.25) is 0 Å². The number of carboxylic acids is 1. The number of hydrogen-bond donors (Lipinski definition) is 2. The summed E-state index contributed by atoms with van der Waals surface area (Å²) in [7, 11) is 0. The van der Waals surface area contributed by atoms with Gasteiger partial charge >= 0.3 is 5.97 Å². The van der Waals surface area contributed by atoms with Crippen molar-refractivity contribution in [2.45, 2.75) is 25.4 Å². The normalized spacial score (nSPS) is 16.9. The summed E-state index contributed by atoms with van der Waals surface area (Å²) >= 11 is 0. The second-order valence-corrected chi connectivity index (χ2v) is 7.02. The zero-order valence-electron chi connectivity index (χ0n) is 15.5. The minimum absolute atomic E-state index is 0.248. The Bertz CT molecular complexity index is 988. The molecule has 6 heteroatoms. The van der Waals surface area contributed by atoms with Gasteiger partial charge in [-0.3, -0.25) is 4.90 Å². The highest BCUT2D eigenvalue weighted by Gasteiger charge is 2.27. The van der Waals surface area contributed by atoms with E-state index < -0.39 is 5.97 Å². The number of rotatable bonds is 5. The third kappa shape index (κ3) is 3.73. The zero-order chi connectivity index (χ0) is 19.5. The van der Waals surface area contributed by atoms with E-state index in [2.05, 4.69) is 27.0 Å². The Balaban J connectivity index is 1.53. The van der Waals surface area contributed by atoms with Crippen molar-refractivity contribution in [2.24, 2.45) is 0 Å². The molecule has 1 atom stereocenters. The summed E-state index contributed by atoms with van der Waals surface area (Å²) in [6, 6.07) is 17.4. The van der Waals surface area contributed by atoms with Crippen LogP contribution in [-0.4, -0.2) is 32.5 Å². The average Bonchev–Trinajstić information content (AvgIpc) is 3.17. The highest BCUT2D eigenvalue weighted by molar-refractivity contribution is 5.95. The Morgan fingerprint density at radius 1 is 1.14 bits per heavy atom. The van der Waals surface area contributed by atoms with Crippen LogP contribution in [0.25, 0.3) is 11.1 Å². The van der Waals surface area contributed by atoms with Gasteiger partial charge in [0.05, 0.1) is 17.3 Å². The molecule has 0 bridgehead atoms. The number of nitrogens with zero attached hydrogens (tertiary/aromatic N) is 3. The minimum Gasteiger partial charge on any atom is -0.478 e. The number of nitrogens with two attached hydrogens (primary N) is 1. The summed E-state index contributed by atoms with van der Waals surface area (Å²) in [5.41, 5.74) is 9.86. The van der Waals surface area contributed by atoms with Crippen LogP contribution in [0, 0.1) is 0 Å². The Kier molecular flexibility index (Phi) is 5.04. The summed E-state index contributed by atoms with van der Waals surface area (Å²) in [4.78, 5) is 22.2. The van der Waals surface area contributed by atoms with Crippen molar-refractivity contribution in [1.29, 1.82) is 0 Å². The fraction of sp³-hybridized carbons (Fsp3) is 0.227. The van der Waals surface area contributed by atoms with Gasteiger partial charge in [-0.15, -0.1) is 0 Å². The molecule has 2 heterocycles. The number of carboxylic acid groups (broad SMARTS) is 1. The molecule has 0 amide bonds. The van der Waals surface area contributed by atoms with Gasteiger partial charge in [-0.05, 0) is 48.2 Å². The zero-order valence-corrected chi connectivity index (χ0v) is 15.5. The molecule has 3 N–H and O–H groups in total. The van der Waals surface area contributed by atoms with Crippen LogP contribution < -0.4 is 5.73 Å². The predicted molar refractivity (Wildman–Crippen MR) is 108 cm³/mol. The Labute approximate surface area is 163 Å². The van der Waals surface area contributed by atoms with Gasteiger partial charge in [0, 0.05) is 12.7 Å². The monoisotopic (exact) mass is 374 g/mol. The lowest BCUT2D eigenvalue weighted by atomic mass is 9.98. The van der Waals surface area contributed by atoms with E-state index >= 15 is 0 Å². The number of nitrogen functional groups attached to an aromatic ring is 1. The van der Waals surface area contributed by atoms with E-state index in [4.69, 9.17) is 5.73 Å². The van der Waals surface area contributed by atoms with E-state index in [1.165, 1.54) is 5.56 Å². The fourth-order valence-corrected chi connectivity index (χ4v) is 3.87. The van der Waals surface area contributed by atoms with Gasteiger partial charge in [-0.1, -0.05) is 42.5 Å². The van der Waals surface area contributed by atoms with E-state index in [9.17, 15) is 9.90 Å². The Hall–Kier alpha value is -3.25. The molecule has 1 aliphatic rings. The van der Waals surface area contributed by atoms with Gasteiger partial charge in [0.2, 0.25) is 5.95 Å². The SMILES string of the molecule is Nc1nccc([C@@H]2CCCN2Cc2ccc(-c3ccccc3C(=O)O)cc2)n1. The molecule has 2 aromatic carbocycles. The molecule has 0 spiro atoms. The maximum absolute atomic E-state index is 11.5. The lowest BCUT2D eigenvalue weighted by Crippen LogP contribution is -2.23. The number of anilines is 1. The highest BCUT2D eigenvalue weighted by Crippen LogP contribution is 2.32. The van der Waals surface area contributed by atoms with E-state index in [1.807, 2.05) is 30.3 Å². The topological polar surface area (TPSA) is 92.3 Å². The van der Waals surface area contributed by atoms with Crippen molar-refractivity contribution in [3.8, 4) is 11.1 Å². The van der Waals surface area contributed by atoms with Crippen LogP contribution in [0.15, 0.2) is 60.8 Å². The smallest absolute Gasteiger partial charge is 0.336 e. The average molecular weight is 374 g/mol. The fourth-order valence-electron chi connectivity index (χ4n) is 3.87. The van der Waals surface area contributed by atoms with Crippen LogP contribution in [0.5, 0.6) is 0 Å². The molecule has 3 aromatic rings. The summed E-state index contributed by atoms with van der Waals surface area (Å²) in [5.74, 6) is -0.602. The van der Waals surface area contributed by atoms with Crippen LogP contribution in [0.3, 0.4) is 0 Å². The molecule has 0 radical (unpaired) electrons. The molecule has 1 aliphatic heterocycles. The van der Waals surface area contributed by atoms with E-state index in [0.29, 0.717) is 11.5 Å². The minimum atomic E-state index is -0.913. The van der Waals surface area contributed by atoms with Gasteiger partial charge in [0.1, 0.15) is 0 Å². The van der Waals surface area contributed by atoms with Crippen molar-refractivity contribution >= 4 is 11.9 Å². The molecule has 28 heavy (non-hydrogen) atoms. The largest absolute Gasteiger partial charge is 0.478 e. The molecule has 4 rings (SSSR count). The molecule has 142 valence electrons.